The van der Waals surface area contributed by atoms with Crippen molar-refractivity contribution in [1.82, 2.24) is 10.2 Å². The fourth-order valence-corrected chi connectivity index (χ4v) is 4.81. The summed E-state index contributed by atoms with van der Waals surface area (Å²) in [5.74, 6) is -0.0276. The molecule has 2 heterocycles. The summed E-state index contributed by atoms with van der Waals surface area (Å²) in [5.41, 5.74) is 2.11. The average Bonchev–Trinajstić information content (AvgIpc) is 3.31. The van der Waals surface area contributed by atoms with E-state index >= 15 is 0 Å². The van der Waals surface area contributed by atoms with Crippen LogP contribution in [0.25, 0.3) is 0 Å². The summed E-state index contributed by atoms with van der Waals surface area (Å²) in [5, 5.41) is 12.4. The van der Waals surface area contributed by atoms with Crippen LogP contribution < -0.4 is 10.5 Å². The number of thiophene rings is 1. The summed E-state index contributed by atoms with van der Waals surface area (Å²) in [6.07, 6.45) is 2.15. The first-order valence-electron chi connectivity index (χ1n) is 8.98. The van der Waals surface area contributed by atoms with Gasteiger partial charge in [0.1, 0.15) is 0 Å². The van der Waals surface area contributed by atoms with Crippen LogP contribution in [0, 0.1) is 0 Å². The van der Waals surface area contributed by atoms with Gasteiger partial charge in [-0.2, -0.15) is 11.3 Å². The van der Waals surface area contributed by atoms with E-state index in [9.17, 15) is 13.2 Å². The molecule has 2 aromatic rings. The lowest BCUT2D eigenvalue weighted by molar-refractivity contribution is -0.126. The maximum absolute atomic E-state index is 12.8. The van der Waals surface area contributed by atoms with Gasteiger partial charge in [-0.1, -0.05) is 12.1 Å². The number of likely N-dealkylation sites (tertiary alicyclic amines) is 1. The highest BCUT2D eigenvalue weighted by atomic mass is 32.2. The third kappa shape index (κ3) is 4.57. The second kappa shape index (κ2) is 8.10. The van der Waals surface area contributed by atoms with Crippen molar-refractivity contribution in [3.63, 3.8) is 0 Å². The molecule has 0 aliphatic carbocycles. The zero-order valence-corrected chi connectivity index (χ0v) is 17.1. The molecule has 0 bridgehead atoms. The quantitative estimate of drug-likeness (QED) is 0.770. The molecule has 0 radical (unpaired) electrons. The minimum atomic E-state index is -3.71. The Labute approximate surface area is 164 Å². The van der Waals surface area contributed by atoms with Crippen LogP contribution in [0.3, 0.4) is 0 Å². The monoisotopic (exact) mass is 407 g/mol. The standard InChI is InChI=1S/C19H25N3O3S2/c1-13(15-5-7-17(8-6-15)27(20,24)25)21-19(23)14(2)22-10-3-4-18(22)16-9-11-26-12-16/h5-9,11-14,18H,3-4,10H2,1-2H3,(H,21,23)(H2,20,24,25)/t13-,14-,18-/m0/s1. The van der Waals surface area contributed by atoms with Crippen LogP contribution in [0.15, 0.2) is 46.0 Å². The smallest absolute Gasteiger partial charge is 0.238 e. The lowest BCUT2D eigenvalue weighted by Gasteiger charge is -2.30. The number of hydrogen-bond donors (Lipinski definition) is 2. The number of hydrogen-bond acceptors (Lipinski definition) is 5. The molecule has 1 fully saturated rings. The number of sulfonamides is 1. The third-order valence-electron chi connectivity index (χ3n) is 5.17. The van der Waals surface area contributed by atoms with Gasteiger partial charge in [-0.25, -0.2) is 13.6 Å². The summed E-state index contributed by atoms with van der Waals surface area (Å²) in [4.78, 5) is 15.1. The van der Waals surface area contributed by atoms with Gasteiger partial charge in [0.05, 0.1) is 17.0 Å². The Balaban J connectivity index is 1.65. The van der Waals surface area contributed by atoms with Gasteiger partial charge in [-0.3, -0.25) is 9.69 Å². The average molecular weight is 408 g/mol. The van der Waals surface area contributed by atoms with Crippen LogP contribution in [0.4, 0.5) is 0 Å². The molecule has 1 aromatic heterocycles. The molecular weight excluding hydrogens is 382 g/mol. The predicted molar refractivity (Wildman–Crippen MR) is 107 cm³/mol. The molecular formula is C19H25N3O3S2. The molecule has 3 N–H and O–H groups in total. The van der Waals surface area contributed by atoms with E-state index in [0.29, 0.717) is 6.04 Å². The van der Waals surface area contributed by atoms with Crippen molar-refractivity contribution in [3.05, 3.63) is 52.2 Å². The first-order chi connectivity index (χ1) is 12.8. The number of amides is 1. The number of rotatable bonds is 6. The van der Waals surface area contributed by atoms with E-state index < -0.39 is 10.0 Å². The number of nitrogens with zero attached hydrogens (tertiary/aromatic N) is 1. The molecule has 3 atom stereocenters. The number of primary sulfonamides is 1. The molecule has 1 amide bonds. The molecule has 1 aliphatic rings. The van der Waals surface area contributed by atoms with Crippen molar-refractivity contribution in [1.29, 1.82) is 0 Å². The van der Waals surface area contributed by atoms with Gasteiger partial charge in [0.25, 0.3) is 0 Å². The lowest BCUT2D eigenvalue weighted by atomic mass is 10.1. The SMILES string of the molecule is C[C@H](NC(=O)[C@H](C)N1CCC[C@H]1c1ccsc1)c1ccc(S(N)(=O)=O)cc1. The van der Waals surface area contributed by atoms with E-state index in [1.165, 1.54) is 17.7 Å². The Hall–Kier alpha value is -1.74. The minimum absolute atomic E-state index is 0.0276. The summed E-state index contributed by atoms with van der Waals surface area (Å²) in [6.45, 7) is 4.74. The van der Waals surface area contributed by atoms with E-state index in [4.69, 9.17) is 5.14 Å². The third-order valence-corrected chi connectivity index (χ3v) is 6.80. The summed E-state index contributed by atoms with van der Waals surface area (Å²) >= 11 is 1.68. The zero-order valence-electron chi connectivity index (χ0n) is 15.5. The molecule has 6 nitrogen and oxygen atoms in total. The predicted octanol–water partition coefficient (Wildman–Crippen LogP) is 2.80. The normalized spacial score (nSPS) is 20.3. The molecule has 1 aliphatic heterocycles. The highest BCUT2D eigenvalue weighted by molar-refractivity contribution is 7.89. The van der Waals surface area contributed by atoms with Gasteiger partial charge in [0.2, 0.25) is 15.9 Å². The number of carbonyl (C=O) groups excluding carboxylic acids is 1. The van der Waals surface area contributed by atoms with E-state index in [1.54, 1.807) is 23.5 Å². The van der Waals surface area contributed by atoms with Crippen molar-refractivity contribution in [2.45, 2.75) is 49.7 Å². The van der Waals surface area contributed by atoms with Gasteiger partial charge < -0.3 is 5.32 Å². The molecule has 0 spiro atoms. The highest BCUT2D eigenvalue weighted by Crippen LogP contribution is 2.34. The van der Waals surface area contributed by atoms with Crippen molar-refractivity contribution in [2.24, 2.45) is 5.14 Å². The van der Waals surface area contributed by atoms with E-state index in [1.807, 2.05) is 13.8 Å². The molecule has 27 heavy (non-hydrogen) atoms. The number of nitrogens with one attached hydrogen (secondary N) is 1. The van der Waals surface area contributed by atoms with Gasteiger partial charge >= 0.3 is 0 Å². The van der Waals surface area contributed by atoms with Crippen LogP contribution in [-0.2, 0) is 14.8 Å². The fraction of sp³-hybridized carbons (Fsp3) is 0.421. The Morgan fingerprint density at radius 1 is 1.26 bits per heavy atom. The number of carbonyl (C=O) groups is 1. The van der Waals surface area contributed by atoms with Crippen molar-refractivity contribution >= 4 is 27.3 Å². The van der Waals surface area contributed by atoms with Crippen LogP contribution in [-0.4, -0.2) is 31.8 Å². The number of benzene rings is 1. The second-order valence-electron chi connectivity index (χ2n) is 6.97. The lowest BCUT2D eigenvalue weighted by Crippen LogP contribution is -2.45. The van der Waals surface area contributed by atoms with Crippen LogP contribution in [0.5, 0.6) is 0 Å². The van der Waals surface area contributed by atoms with Crippen LogP contribution in [0.1, 0.15) is 49.9 Å². The maximum Gasteiger partial charge on any atom is 0.238 e. The second-order valence-corrected chi connectivity index (χ2v) is 9.31. The largest absolute Gasteiger partial charge is 0.348 e. The van der Waals surface area contributed by atoms with Crippen molar-refractivity contribution in [3.8, 4) is 0 Å². The summed E-state index contributed by atoms with van der Waals surface area (Å²) < 4.78 is 22.7. The Morgan fingerprint density at radius 2 is 1.96 bits per heavy atom. The Kier molecular flexibility index (Phi) is 6.00. The Bertz CT molecular complexity index is 879. The van der Waals surface area contributed by atoms with Crippen LogP contribution >= 0.6 is 11.3 Å². The maximum atomic E-state index is 12.8. The molecule has 146 valence electrons. The van der Waals surface area contributed by atoms with E-state index in [2.05, 4.69) is 27.0 Å². The van der Waals surface area contributed by atoms with Crippen LogP contribution in [0.2, 0.25) is 0 Å². The highest BCUT2D eigenvalue weighted by Gasteiger charge is 2.33. The fourth-order valence-electron chi connectivity index (χ4n) is 3.59. The molecule has 1 aromatic carbocycles. The van der Waals surface area contributed by atoms with Crippen molar-refractivity contribution in [2.75, 3.05) is 6.54 Å². The van der Waals surface area contributed by atoms with Gasteiger partial charge in [-0.05, 0) is 73.3 Å². The van der Waals surface area contributed by atoms with E-state index in [0.717, 1.165) is 24.9 Å². The first-order valence-corrected chi connectivity index (χ1v) is 11.5. The van der Waals surface area contributed by atoms with Gasteiger partial charge in [0.15, 0.2) is 0 Å². The molecule has 1 saturated heterocycles. The molecule has 3 rings (SSSR count). The van der Waals surface area contributed by atoms with E-state index in [-0.39, 0.29) is 22.9 Å². The summed E-state index contributed by atoms with van der Waals surface area (Å²) in [6, 6.07) is 8.25. The topological polar surface area (TPSA) is 92.5 Å². The van der Waals surface area contributed by atoms with Gasteiger partial charge in [-0.15, -0.1) is 0 Å². The zero-order chi connectivity index (χ0) is 19.6. The molecule has 0 saturated carbocycles. The molecule has 8 heteroatoms. The van der Waals surface area contributed by atoms with Crippen molar-refractivity contribution < 1.29 is 13.2 Å². The number of nitrogens with two attached hydrogens (primary N) is 1. The first kappa shape index (κ1) is 20.0. The summed E-state index contributed by atoms with van der Waals surface area (Å²) in [7, 11) is -3.71. The molecule has 0 unspecified atom stereocenters. The Morgan fingerprint density at radius 3 is 2.56 bits per heavy atom. The minimum Gasteiger partial charge on any atom is -0.348 e. The van der Waals surface area contributed by atoms with Gasteiger partial charge in [0, 0.05) is 6.04 Å².